The molecule has 0 radical (unpaired) electrons. The molecule has 8 heteroatoms. The van der Waals surface area contributed by atoms with E-state index in [0.29, 0.717) is 0 Å². The third-order valence-electron chi connectivity index (χ3n) is 3.47. The molecule has 0 aromatic heterocycles. The van der Waals surface area contributed by atoms with Gasteiger partial charge in [-0.2, -0.15) is 0 Å². The Hall–Kier alpha value is -0.660. The lowest BCUT2D eigenvalue weighted by atomic mass is 9.95. The van der Waals surface area contributed by atoms with E-state index in [1.807, 2.05) is 0 Å². The molecule has 1 aliphatic carbocycles. The van der Waals surface area contributed by atoms with Crippen molar-refractivity contribution in [3.8, 4) is 0 Å². The summed E-state index contributed by atoms with van der Waals surface area (Å²) in [6.07, 6.45) is 4.88. The Kier molecular flexibility index (Phi) is 5.27. The fourth-order valence-electron chi connectivity index (χ4n) is 2.40. The van der Waals surface area contributed by atoms with Gasteiger partial charge < -0.3 is 5.32 Å². The van der Waals surface area contributed by atoms with Crippen molar-refractivity contribution in [1.82, 2.24) is 5.32 Å². The highest BCUT2D eigenvalue weighted by atomic mass is 79.9. The van der Waals surface area contributed by atoms with Crippen LogP contribution in [0.2, 0.25) is 0 Å². The molecule has 1 amide bonds. The summed E-state index contributed by atoms with van der Waals surface area (Å²) in [5, 5.41) is 2.74. The van der Waals surface area contributed by atoms with Crippen LogP contribution in [0.5, 0.6) is 0 Å². The monoisotopic (exact) mass is 397 g/mol. The van der Waals surface area contributed by atoms with Crippen molar-refractivity contribution in [3.63, 3.8) is 0 Å². The minimum Gasteiger partial charge on any atom is -0.349 e. The summed E-state index contributed by atoms with van der Waals surface area (Å²) in [5.41, 5.74) is -0.317. The van der Waals surface area contributed by atoms with Crippen molar-refractivity contribution in [3.05, 3.63) is 28.0 Å². The second-order valence-electron chi connectivity index (χ2n) is 5.01. The molecule has 0 spiro atoms. The predicted octanol–water partition coefficient (Wildman–Crippen LogP) is 3.58. The van der Waals surface area contributed by atoms with Gasteiger partial charge in [0.15, 0.2) is 0 Å². The average Bonchev–Trinajstić information content (AvgIpc) is 2.38. The normalized spacial score (nSPS) is 16.7. The zero-order valence-electron chi connectivity index (χ0n) is 11.0. The first-order valence-electron chi connectivity index (χ1n) is 6.53. The van der Waals surface area contributed by atoms with E-state index in [4.69, 9.17) is 10.7 Å². The van der Waals surface area contributed by atoms with Crippen LogP contribution >= 0.6 is 26.6 Å². The van der Waals surface area contributed by atoms with E-state index >= 15 is 0 Å². The molecule has 4 nitrogen and oxygen atoms in total. The predicted molar refractivity (Wildman–Crippen MR) is 81.5 cm³/mol. The quantitative estimate of drug-likeness (QED) is 0.792. The van der Waals surface area contributed by atoms with E-state index < -0.39 is 20.8 Å². The van der Waals surface area contributed by atoms with Gasteiger partial charge in [0.25, 0.3) is 15.0 Å². The van der Waals surface area contributed by atoms with Gasteiger partial charge in [0.05, 0.1) is 10.5 Å². The molecule has 1 aliphatic rings. The third kappa shape index (κ3) is 4.17. The van der Waals surface area contributed by atoms with Crippen LogP contribution in [0.15, 0.2) is 21.5 Å². The SMILES string of the molecule is O=C(NC1CCCCC1)c1cc(S(=O)(=O)Cl)c(Br)cc1F. The zero-order valence-corrected chi connectivity index (χ0v) is 14.2. The summed E-state index contributed by atoms with van der Waals surface area (Å²) in [6.45, 7) is 0. The molecule has 1 fully saturated rings. The number of nitrogens with one attached hydrogen (secondary N) is 1. The summed E-state index contributed by atoms with van der Waals surface area (Å²) in [6, 6.07) is 1.90. The molecule has 1 saturated carbocycles. The molecule has 2 rings (SSSR count). The minimum atomic E-state index is -4.06. The maximum absolute atomic E-state index is 13.9. The van der Waals surface area contributed by atoms with E-state index in [9.17, 15) is 17.6 Å². The van der Waals surface area contributed by atoms with Gasteiger partial charge in [-0.25, -0.2) is 12.8 Å². The maximum atomic E-state index is 13.9. The lowest BCUT2D eigenvalue weighted by Crippen LogP contribution is -2.36. The third-order valence-corrected chi connectivity index (χ3v) is 5.75. The van der Waals surface area contributed by atoms with Crippen molar-refractivity contribution in [1.29, 1.82) is 0 Å². The summed E-state index contributed by atoms with van der Waals surface area (Å²) in [5.74, 6) is -1.41. The second kappa shape index (κ2) is 6.62. The van der Waals surface area contributed by atoms with E-state index in [1.165, 1.54) is 0 Å². The molecular formula is C13H14BrClFNO3S. The van der Waals surface area contributed by atoms with Gasteiger partial charge >= 0.3 is 0 Å². The Morgan fingerprint density at radius 3 is 2.48 bits per heavy atom. The van der Waals surface area contributed by atoms with Crippen LogP contribution < -0.4 is 5.32 Å². The van der Waals surface area contributed by atoms with Gasteiger partial charge in [-0.1, -0.05) is 19.3 Å². The van der Waals surface area contributed by atoms with Crippen LogP contribution in [0.25, 0.3) is 0 Å². The number of rotatable bonds is 3. The zero-order chi connectivity index (χ0) is 15.6. The Bertz CT molecular complexity index is 660. The largest absolute Gasteiger partial charge is 0.349 e. The van der Waals surface area contributed by atoms with Gasteiger partial charge in [0.2, 0.25) is 0 Å². The number of carbonyl (C=O) groups excluding carboxylic acids is 1. The van der Waals surface area contributed by atoms with Crippen molar-refractivity contribution in [2.24, 2.45) is 0 Å². The van der Waals surface area contributed by atoms with Crippen molar-refractivity contribution < 1.29 is 17.6 Å². The fourth-order valence-corrected chi connectivity index (χ4v) is 4.57. The lowest BCUT2D eigenvalue weighted by Gasteiger charge is -2.23. The second-order valence-corrected chi connectivity index (χ2v) is 8.40. The first-order chi connectivity index (χ1) is 9.79. The molecule has 21 heavy (non-hydrogen) atoms. The summed E-state index contributed by atoms with van der Waals surface area (Å²) >= 11 is 2.93. The molecule has 0 heterocycles. The minimum absolute atomic E-state index is 0.00496. The van der Waals surface area contributed by atoms with Crippen LogP contribution in [0, 0.1) is 5.82 Å². The highest BCUT2D eigenvalue weighted by Crippen LogP contribution is 2.28. The van der Waals surface area contributed by atoms with Crippen LogP contribution in [0.1, 0.15) is 42.5 Å². The smallest absolute Gasteiger partial charge is 0.262 e. The van der Waals surface area contributed by atoms with E-state index in [1.54, 1.807) is 0 Å². The van der Waals surface area contributed by atoms with Gasteiger partial charge in [0, 0.05) is 21.2 Å². The van der Waals surface area contributed by atoms with Gasteiger partial charge in [0.1, 0.15) is 5.82 Å². The molecule has 116 valence electrons. The van der Waals surface area contributed by atoms with E-state index in [0.717, 1.165) is 44.2 Å². The molecule has 0 aliphatic heterocycles. The standard InChI is InChI=1S/C13H14BrClFNO3S/c14-10-7-11(16)9(6-12(10)21(15,19)20)13(18)17-8-4-2-1-3-5-8/h6-8H,1-5H2,(H,17,18). The number of halogens is 3. The Morgan fingerprint density at radius 2 is 1.90 bits per heavy atom. The molecular weight excluding hydrogens is 385 g/mol. The molecule has 0 unspecified atom stereocenters. The van der Waals surface area contributed by atoms with Gasteiger partial charge in [-0.05, 0) is 40.9 Å². The van der Waals surface area contributed by atoms with Crippen LogP contribution in [-0.4, -0.2) is 20.4 Å². The van der Waals surface area contributed by atoms with Crippen molar-refractivity contribution in [2.75, 3.05) is 0 Å². The molecule has 0 bridgehead atoms. The highest BCUT2D eigenvalue weighted by molar-refractivity contribution is 9.10. The van der Waals surface area contributed by atoms with Gasteiger partial charge in [-0.15, -0.1) is 0 Å². The molecule has 0 saturated heterocycles. The average molecular weight is 399 g/mol. The van der Waals surface area contributed by atoms with Crippen molar-refractivity contribution >= 4 is 41.6 Å². The van der Waals surface area contributed by atoms with E-state index in [-0.39, 0.29) is 21.0 Å². The van der Waals surface area contributed by atoms with Crippen LogP contribution in [0.3, 0.4) is 0 Å². The van der Waals surface area contributed by atoms with Crippen LogP contribution in [0.4, 0.5) is 4.39 Å². The number of hydrogen-bond acceptors (Lipinski definition) is 3. The number of benzene rings is 1. The van der Waals surface area contributed by atoms with Crippen molar-refractivity contribution in [2.45, 2.75) is 43.0 Å². The Morgan fingerprint density at radius 1 is 1.29 bits per heavy atom. The first kappa shape index (κ1) is 16.7. The summed E-state index contributed by atoms with van der Waals surface area (Å²) in [7, 11) is 1.21. The maximum Gasteiger partial charge on any atom is 0.262 e. The molecule has 1 aromatic carbocycles. The fraction of sp³-hybridized carbons (Fsp3) is 0.462. The van der Waals surface area contributed by atoms with Gasteiger partial charge in [-0.3, -0.25) is 4.79 Å². The molecule has 0 atom stereocenters. The topological polar surface area (TPSA) is 63.2 Å². The number of amides is 1. The highest BCUT2D eigenvalue weighted by Gasteiger charge is 2.23. The summed E-state index contributed by atoms with van der Waals surface area (Å²) < 4.78 is 36.7. The van der Waals surface area contributed by atoms with Crippen LogP contribution in [-0.2, 0) is 9.05 Å². The first-order valence-corrected chi connectivity index (χ1v) is 9.64. The Labute approximate surface area is 135 Å². The van der Waals surface area contributed by atoms with E-state index in [2.05, 4.69) is 21.2 Å². The Balaban J connectivity index is 2.28. The lowest BCUT2D eigenvalue weighted by molar-refractivity contribution is 0.0923. The molecule has 1 N–H and O–H groups in total. The molecule has 1 aromatic rings. The number of carbonyl (C=O) groups is 1. The number of hydrogen-bond donors (Lipinski definition) is 1. The summed E-state index contributed by atoms with van der Waals surface area (Å²) in [4.78, 5) is 11.8.